The van der Waals surface area contributed by atoms with E-state index in [-0.39, 0.29) is 17.6 Å². The maximum atomic E-state index is 12.4. The predicted octanol–water partition coefficient (Wildman–Crippen LogP) is 0.681. The Bertz CT molecular complexity index is 351. The van der Waals surface area contributed by atoms with Crippen LogP contribution in [0.3, 0.4) is 0 Å². The first kappa shape index (κ1) is 15.7. The van der Waals surface area contributed by atoms with Crippen LogP contribution < -0.4 is 5.73 Å². The molecule has 0 aromatic rings. The fourth-order valence-electron chi connectivity index (χ4n) is 3.13. The molecule has 5 heteroatoms. The van der Waals surface area contributed by atoms with Gasteiger partial charge in [-0.05, 0) is 26.2 Å². The van der Waals surface area contributed by atoms with Crippen LogP contribution in [-0.4, -0.2) is 66.2 Å². The van der Waals surface area contributed by atoms with Crippen molar-refractivity contribution < 1.29 is 9.53 Å². The monoisotopic (exact) mass is 283 g/mol. The van der Waals surface area contributed by atoms with Crippen molar-refractivity contribution in [3.8, 4) is 0 Å². The Balaban J connectivity index is 1.89. The summed E-state index contributed by atoms with van der Waals surface area (Å²) >= 11 is 0. The molecule has 2 heterocycles. The summed E-state index contributed by atoms with van der Waals surface area (Å²) in [6.45, 7) is 12.4. The van der Waals surface area contributed by atoms with Crippen molar-refractivity contribution in [3.05, 3.63) is 0 Å². The van der Waals surface area contributed by atoms with E-state index in [1.807, 2.05) is 4.90 Å². The zero-order valence-electron chi connectivity index (χ0n) is 13.3. The Hall–Kier alpha value is -0.650. The number of hydrogen-bond acceptors (Lipinski definition) is 4. The van der Waals surface area contributed by atoms with Crippen molar-refractivity contribution in [2.45, 2.75) is 51.8 Å². The van der Waals surface area contributed by atoms with Gasteiger partial charge in [0.2, 0.25) is 5.91 Å². The molecule has 2 saturated heterocycles. The second-order valence-corrected chi connectivity index (χ2v) is 7.03. The highest BCUT2D eigenvalue weighted by atomic mass is 16.5. The Labute approximate surface area is 122 Å². The summed E-state index contributed by atoms with van der Waals surface area (Å²) < 4.78 is 5.95. The van der Waals surface area contributed by atoms with Crippen LogP contribution in [-0.2, 0) is 9.53 Å². The second-order valence-electron chi connectivity index (χ2n) is 7.03. The summed E-state index contributed by atoms with van der Waals surface area (Å²) in [6, 6.07) is 0.171. The molecule has 1 atom stereocenters. The predicted molar refractivity (Wildman–Crippen MR) is 79.4 cm³/mol. The van der Waals surface area contributed by atoms with E-state index in [1.165, 1.54) is 0 Å². The number of ether oxygens (including phenoxy) is 1. The van der Waals surface area contributed by atoms with Crippen LogP contribution in [0.4, 0.5) is 0 Å². The van der Waals surface area contributed by atoms with E-state index in [2.05, 4.69) is 32.6 Å². The van der Waals surface area contributed by atoms with Crippen molar-refractivity contribution >= 4 is 5.91 Å². The maximum Gasteiger partial charge on any atom is 0.239 e. The van der Waals surface area contributed by atoms with Crippen molar-refractivity contribution in [1.82, 2.24) is 9.80 Å². The molecule has 1 unspecified atom stereocenters. The molecule has 2 N–H and O–H groups in total. The molecule has 0 aromatic heterocycles. The van der Waals surface area contributed by atoms with Crippen LogP contribution >= 0.6 is 0 Å². The van der Waals surface area contributed by atoms with Gasteiger partial charge in [0.1, 0.15) is 5.60 Å². The highest BCUT2D eigenvalue weighted by Gasteiger charge is 2.48. The fraction of sp³-hybridized carbons (Fsp3) is 0.933. The summed E-state index contributed by atoms with van der Waals surface area (Å²) in [5.74, 6) is 0.536. The van der Waals surface area contributed by atoms with Gasteiger partial charge >= 0.3 is 0 Å². The number of rotatable bonds is 4. The smallest absolute Gasteiger partial charge is 0.239 e. The third-order valence-electron chi connectivity index (χ3n) is 4.32. The van der Waals surface area contributed by atoms with Gasteiger partial charge in [0.05, 0.1) is 19.2 Å². The molecular formula is C15H29N3O2. The van der Waals surface area contributed by atoms with Gasteiger partial charge in [-0.25, -0.2) is 0 Å². The molecule has 20 heavy (non-hydrogen) atoms. The molecule has 1 amide bonds. The standard InChI is InChI=1S/C15H29N3O2/c1-11(2)7-13(16)14(19)17-5-6-20-15(8-17)9-18(10-15)12(3)4/h11-13H,5-10,16H2,1-4H3. The third kappa shape index (κ3) is 3.32. The van der Waals surface area contributed by atoms with Crippen molar-refractivity contribution in [1.29, 1.82) is 0 Å². The van der Waals surface area contributed by atoms with Crippen LogP contribution in [0, 0.1) is 5.92 Å². The van der Waals surface area contributed by atoms with Gasteiger partial charge in [0.25, 0.3) is 0 Å². The Morgan fingerprint density at radius 3 is 2.45 bits per heavy atom. The van der Waals surface area contributed by atoms with Gasteiger partial charge in [-0.2, -0.15) is 0 Å². The zero-order chi connectivity index (χ0) is 14.9. The summed E-state index contributed by atoms with van der Waals surface area (Å²) in [5, 5.41) is 0. The molecule has 116 valence electrons. The largest absolute Gasteiger partial charge is 0.369 e. The Morgan fingerprint density at radius 2 is 1.90 bits per heavy atom. The minimum atomic E-state index is -0.369. The van der Waals surface area contributed by atoms with Gasteiger partial charge in [-0.3, -0.25) is 9.69 Å². The van der Waals surface area contributed by atoms with Gasteiger partial charge < -0.3 is 15.4 Å². The van der Waals surface area contributed by atoms with E-state index in [1.54, 1.807) is 0 Å². The minimum absolute atomic E-state index is 0.0874. The number of carbonyl (C=O) groups is 1. The van der Waals surface area contributed by atoms with Gasteiger partial charge in [0, 0.05) is 25.7 Å². The van der Waals surface area contributed by atoms with Crippen LogP contribution in [0.15, 0.2) is 0 Å². The third-order valence-corrected chi connectivity index (χ3v) is 4.32. The van der Waals surface area contributed by atoms with Crippen molar-refractivity contribution in [3.63, 3.8) is 0 Å². The molecule has 0 radical (unpaired) electrons. The zero-order valence-corrected chi connectivity index (χ0v) is 13.3. The molecule has 2 aliphatic heterocycles. The highest BCUT2D eigenvalue weighted by Crippen LogP contribution is 2.30. The molecule has 0 aliphatic carbocycles. The van der Waals surface area contributed by atoms with Crippen LogP contribution in [0.2, 0.25) is 0 Å². The lowest BCUT2D eigenvalue weighted by atomic mass is 9.90. The van der Waals surface area contributed by atoms with E-state index in [9.17, 15) is 4.79 Å². The average molecular weight is 283 g/mol. The molecule has 1 spiro atoms. The average Bonchev–Trinajstić information content (AvgIpc) is 2.34. The molecule has 2 aliphatic rings. The van der Waals surface area contributed by atoms with Gasteiger partial charge in [-0.1, -0.05) is 13.8 Å². The SMILES string of the molecule is CC(C)CC(N)C(=O)N1CCOC2(C1)CN(C(C)C)C2. The summed E-state index contributed by atoms with van der Waals surface area (Å²) in [4.78, 5) is 16.7. The van der Waals surface area contributed by atoms with E-state index in [0.29, 0.717) is 31.7 Å². The minimum Gasteiger partial charge on any atom is -0.369 e. The lowest BCUT2D eigenvalue weighted by Crippen LogP contribution is -2.72. The van der Waals surface area contributed by atoms with Gasteiger partial charge in [0.15, 0.2) is 0 Å². The fourth-order valence-corrected chi connectivity index (χ4v) is 3.13. The molecule has 5 nitrogen and oxygen atoms in total. The molecule has 0 aromatic carbocycles. The number of likely N-dealkylation sites (tertiary alicyclic amines) is 1. The first-order valence-corrected chi connectivity index (χ1v) is 7.75. The number of carbonyl (C=O) groups excluding carboxylic acids is 1. The van der Waals surface area contributed by atoms with Crippen molar-refractivity contribution in [2.75, 3.05) is 32.8 Å². The number of hydrogen-bond donors (Lipinski definition) is 1. The Morgan fingerprint density at radius 1 is 1.25 bits per heavy atom. The number of amides is 1. The lowest BCUT2D eigenvalue weighted by Gasteiger charge is -2.55. The summed E-state index contributed by atoms with van der Waals surface area (Å²) in [7, 11) is 0. The maximum absolute atomic E-state index is 12.4. The topological polar surface area (TPSA) is 58.8 Å². The highest BCUT2D eigenvalue weighted by molar-refractivity contribution is 5.81. The quantitative estimate of drug-likeness (QED) is 0.824. The van der Waals surface area contributed by atoms with E-state index >= 15 is 0 Å². The van der Waals surface area contributed by atoms with E-state index < -0.39 is 0 Å². The van der Waals surface area contributed by atoms with Gasteiger partial charge in [-0.15, -0.1) is 0 Å². The first-order chi connectivity index (χ1) is 9.33. The molecule has 2 rings (SSSR count). The molecule has 2 fully saturated rings. The normalized spacial score (nSPS) is 24.2. The molecule has 0 saturated carbocycles. The van der Waals surface area contributed by atoms with Crippen LogP contribution in [0.1, 0.15) is 34.1 Å². The number of nitrogens with two attached hydrogens (primary N) is 1. The first-order valence-electron chi connectivity index (χ1n) is 7.75. The van der Waals surface area contributed by atoms with E-state index in [4.69, 9.17) is 10.5 Å². The molecular weight excluding hydrogens is 254 g/mol. The molecule has 0 bridgehead atoms. The second kappa shape index (κ2) is 6.00. The van der Waals surface area contributed by atoms with Crippen LogP contribution in [0.25, 0.3) is 0 Å². The number of morpholine rings is 1. The number of nitrogens with zero attached hydrogens (tertiary/aromatic N) is 2. The summed E-state index contributed by atoms with van der Waals surface area (Å²) in [5.41, 5.74) is 5.89. The van der Waals surface area contributed by atoms with E-state index in [0.717, 1.165) is 19.5 Å². The van der Waals surface area contributed by atoms with Crippen LogP contribution in [0.5, 0.6) is 0 Å². The lowest BCUT2D eigenvalue weighted by molar-refractivity contribution is -0.194. The summed E-state index contributed by atoms with van der Waals surface area (Å²) in [6.07, 6.45) is 0.751. The Kier molecular flexibility index (Phi) is 4.72. The van der Waals surface area contributed by atoms with Crippen molar-refractivity contribution in [2.24, 2.45) is 11.7 Å².